The Labute approximate surface area is 184 Å². The molecule has 2 aromatic rings. The Balaban J connectivity index is 1.24. The molecule has 0 heterocycles. The van der Waals surface area contributed by atoms with Gasteiger partial charge in [0.15, 0.2) is 6.10 Å². The second kappa shape index (κ2) is 7.60. The van der Waals surface area contributed by atoms with Gasteiger partial charge in [-0.25, -0.2) is 0 Å². The lowest BCUT2D eigenvalue weighted by atomic mass is 9.48. The Kier molecular flexibility index (Phi) is 5.05. The Morgan fingerprint density at radius 2 is 1.63 bits per heavy atom. The molecule has 0 saturated heterocycles. The highest BCUT2D eigenvalue weighted by Crippen LogP contribution is 2.60. The van der Waals surface area contributed by atoms with Gasteiger partial charge in [-0.05, 0) is 117 Å². The van der Waals surface area contributed by atoms with Gasteiger partial charge in [0.1, 0.15) is 5.75 Å². The number of ether oxygens (including phenoxy) is 1. The molecule has 1 N–H and O–H groups in total. The summed E-state index contributed by atoms with van der Waals surface area (Å²) in [6.07, 6.45) is 7.85. The molecule has 30 heavy (non-hydrogen) atoms. The van der Waals surface area contributed by atoms with E-state index in [-0.39, 0.29) is 5.91 Å². The quantitative estimate of drug-likeness (QED) is 0.594. The van der Waals surface area contributed by atoms with E-state index in [1.807, 2.05) is 13.0 Å². The second-order valence-electron chi connectivity index (χ2n) is 9.94. The van der Waals surface area contributed by atoms with E-state index in [0.29, 0.717) is 16.2 Å². The number of halogens is 1. The minimum Gasteiger partial charge on any atom is -0.481 e. The molecule has 0 spiro atoms. The number of aryl methyl sites for hydroxylation is 1. The predicted octanol–water partition coefficient (Wildman–Crippen LogP) is 6.52. The third-order valence-electron chi connectivity index (χ3n) is 7.61. The topological polar surface area (TPSA) is 38.3 Å². The van der Waals surface area contributed by atoms with E-state index in [1.54, 1.807) is 19.1 Å². The van der Waals surface area contributed by atoms with Crippen LogP contribution in [0.15, 0.2) is 42.5 Å². The number of hydrogen-bond donors (Lipinski definition) is 1. The fourth-order valence-electron chi connectivity index (χ4n) is 6.56. The summed E-state index contributed by atoms with van der Waals surface area (Å²) < 4.78 is 5.80. The maximum absolute atomic E-state index is 12.6. The van der Waals surface area contributed by atoms with Gasteiger partial charge < -0.3 is 10.1 Å². The van der Waals surface area contributed by atoms with Crippen molar-refractivity contribution in [3.8, 4) is 5.75 Å². The van der Waals surface area contributed by atoms with Gasteiger partial charge in [0.25, 0.3) is 5.91 Å². The molecule has 4 saturated carbocycles. The average molecular weight is 424 g/mol. The molecule has 0 radical (unpaired) electrons. The van der Waals surface area contributed by atoms with Gasteiger partial charge in [-0.3, -0.25) is 4.79 Å². The lowest BCUT2D eigenvalue weighted by Crippen LogP contribution is -2.48. The van der Waals surface area contributed by atoms with Crippen molar-refractivity contribution in [2.24, 2.45) is 17.8 Å². The molecule has 4 heteroatoms. The first-order chi connectivity index (χ1) is 14.4. The molecule has 1 amide bonds. The lowest BCUT2D eigenvalue weighted by Gasteiger charge is -2.57. The van der Waals surface area contributed by atoms with Crippen molar-refractivity contribution in [1.82, 2.24) is 0 Å². The predicted molar refractivity (Wildman–Crippen MR) is 121 cm³/mol. The van der Waals surface area contributed by atoms with E-state index in [2.05, 4.69) is 29.6 Å². The van der Waals surface area contributed by atoms with Crippen LogP contribution in [0.25, 0.3) is 0 Å². The molecule has 4 bridgehead atoms. The van der Waals surface area contributed by atoms with Crippen LogP contribution >= 0.6 is 11.6 Å². The molecule has 1 unspecified atom stereocenters. The van der Waals surface area contributed by atoms with E-state index >= 15 is 0 Å². The largest absolute Gasteiger partial charge is 0.481 e. The number of amides is 1. The standard InChI is InChI=1S/C26H30ClNO2/c1-16-9-23(7-8-24(16)27)30-17(2)25(29)28-22-5-3-21(4-6-22)26-13-18-10-19(14-26)12-20(11-18)15-26/h3-9,17-20H,10-15H2,1-2H3,(H,28,29). The van der Waals surface area contributed by atoms with E-state index < -0.39 is 6.10 Å². The number of benzene rings is 2. The minimum absolute atomic E-state index is 0.148. The number of carbonyl (C=O) groups excluding carboxylic acids is 1. The molecule has 2 aromatic carbocycles. The van der Waals surface area contributed by atoms with Crippen LogP contribution in [0.4, 0.5) is 5.69 Å². The van der Waals surface area contributed by atoms with Crippen LogP contribution in [0.2, 0.25) is 5.02 Å². The van der Waals surface area contributed by atoms with Crippen molar-refractivity contribution in [2.75, 3.05) is 5.32 Å². The summed E-state index contributed by atoms with van der Waals surface area (Å²) in [4.78, 5) is 12.6. The smallest absolute Gasteiger partial charge is 0.265 e. The van der Waals surface area contributed by atoms with Crippen molar-refractivity contribution in [3.63, 3.8) is 0 Å². The second-order valence-corrected chi connectivity index (χ2v) is 10.3. The molecule has 0 aromatic heterocycles. The lowest BCUT2D eigenvalue weighted by molar-refractivity contribution is -0.122. The summed E-state index contributed by atoms with van der Waals surface area (Å²) in [5, 5.41) is 3.69. The molecule has 3 nitrogen and oxygen atoms in total. The maximum Gasteiger partial charge on any atom is 0.265 e. The normalized spacial score (nSPS) is 30.2. The van der Waals surface area contributed by atoms with Crippen LogP contribution in [-0.2, 0) is 10.2 Å². The highest BCUT2D eigenvalue weighted by molar-refractivity contribution is 6.31. The Morgan fingerprint density at radius 1 is 1.03 bits per heavy atom. The third kappa shape index (κ3) is 3.73. The Hall–Kier alpha value is -2.00. The number of rotatable bonds is 5. The molecule has 0 aliphatic heterocycles. The van der Waals surface area contributed by atoms with Crippen molar-refractivity contribution in [1.29, 1.82) is 0 Å². The maximum atomic E-state index is 12.6. The highest BCUT2D eigenvalue weighted by atomic mass is 35.5. The molecule has 158 valence electrons. The summed E-state index contributed by atoms with van der Waals surface area (Å²) in [6.45, 7) is 3.69. The van der Waals surface area contributed by atoms with Crippen LogP contribution in [-0.4, -0.2) is 12.0 Å². The Morgan fingerprint density at radius 3 is 2.20 bits per heavy atom. The number of anilines is 1. The molecule has 1 atom stereocenters. The molecule has 4 aliphatic rings. The van der Waals surface area contributed by atoms with Crippen molar-refractivity contribution in [2.45, 2.75) is 63.9 Å². The SMILES string of the molecule is Cc1cc(OC(C)C(=O)Nc2ccc(C34CC5CC(CC(C5)C3)C4)cc2)ccc1Cl. The average Bonchev–Trinajstić information content (AvgIpc) is 2.70. The van der Waals surface area contributed by atoms with E-state index in [1.165, 1.54) is 44.1 Å². The van der Waals surface area contributed by atoms with Crippen LogP contribution < -0.4 is 10.1 Å². The highest BCUT2D eigenvalue weighted by Gasteiger charge is 2.51. The third-order valence-corrected chi connectivity index (χ3v) is 8.04. The number of hydrogen-bond acceptors (Lipinski definition) is 2. The van der Waals surface area contributed by atoms with Gasteiger partial charge in [0, 0.05) is 10.7 Å². The first kappa shape index (κ1) is 19.9. The van der Waals surface area contributed by atoms with E-state index in [4.69, 9.17) is 16.3 Å². The van der Waals surface area contributed by atoms with Gasteiger partial charge in [-0.2, -0.15) is 0 Å². The van der Waals surface area contributed by atoms with Crippen molar-refractivity contribution < 1.29 is 9.53 Å². The molecular weight excluding hydrogens is 394 g/mol. The minimum atomic E-state index is -0.589. The molecule has 4 aliphatic carbocycles. The van der Waals surface area contributed by atoms with Crippen LogP contribution in [0, 0.1) is 24.7 Å². The summed E-state index contributed by atoms with van der Waals surface area (Å²) >= 11 is 6.06. The fraction of sp³-hybridized carbons (Fsp3) is 0.500. The van der Waals surface area contributed by atoms with Gasteiger partial charge in [0.2, 0.25) is 0 Å². The summed E-state index contributed by atoms with van der Waals surface area (Å²) in [7, 11) is 0. The zero-order valence-electron chi connectivity index (χ0n) is 17.8. The molecule has 6 rings (SSSR count). The summed E-state index contributed by atoms with van der Waals surface area (Å²) in [6, 6.07) is 14.1. The van der Waals surface area contributed by atoms with Crippen LogP contribution in [0.3, 0.4) is 0 Å². The van der Waals surface area contributed by atoms with Crippen molar-refractivity contribution >= 4 is 23.2 Å². The number of nitrogens with one attached hydrogen (secondary N) is 1. The Bertz CT molecular complexity index is 917. The first-order valence-electron chi connectivity index (χ1n) is 11.2. The van der Waals surface area contributed by atoms with Gasteiger partial charge in [-0.1, -0.05) is 23.7 Å². The van der Waals surface area contributed by atoms with Gasteiger partial charge in [0.05, 0.1) is 0 Å². The molecule has 4 fully saturated rings. The van der Waals surface area contributed by atoms with Crippen molar-refractivity contribution in [3.05, 3.63) is 58.6 Å². The van der Waals surface area contributed by atoms with Crippen LogP contribution in [0.5, 0.6) is 5.75 Å². The van der Waals surface area contributed by atoms with Gasteiger partial charge in [-0.15, -0.1) is 0 Å². The zero-order chi connectivity index (χ0) is 20.9. The van der Waals surface area contributed by atoms with E-state index in [0.717, 1.165) is 29.0 Å². The first-order valence-corrected chi connectivity index (χ1v) is 11.6. The fourth-order valence-corrected chi connectivity index (χ4v) is 6.68. The van der Waals surface area contributed by atoms with Crippen LogP contribution in [0.1, 0.15) is 56.6 Å². The zero-order valence-corrected chi connectivity index (χ0v) is 18.5. The van der Waals surface area contributed by atoms with E-state index in [9.17, 15) is 4.79 Å². The van der Waals surface area contributed by atoms with Gasteiger partial charge >= 0.3 is 0 Å². The monoisotopic (exact) mass is 423 g/mol. The summed E-state index contributed by atoms with van der Waals surface area (Å²) in [5.41, 5.74) is 3.62. The summed E-state index contributed by atoms with van der Waals surface area (Å²) in [5.74, 6) is 3.31. The molecular formula is C26H30ClNO2. The number of carbonyl (C=O) groups is 1.